The molecule has 0 aromatic rings. The van der Waals surface area contributed by atoms with Gasteiger partial charge in [-0.3, -0.25) is 9.59 Å². The van der Waals surface area contributed by atoms with Gasteiger partial charge in [0.1, 0.15) is 11.4 Å². The van der Waals surface area contributed by atoms with E-state index in [0.717, 1.165) is 38.5 Å². The van der Waals surface area contributed by atoms with E-state index in [0.29, 0.717) is 35.7 Å². The number of rotatable bonds is 0. The maximum Gasteiger partial charge on any atom is 0.201 e. The van der Waals surface area contributed by atoms with Gasteiger partial charge >= 0.3 is 0 Å². The van der Waals surface area contributed by atoms with Crippen LogP contribution >= 0.6 is 0 Å². The molecule has 6 atom stereocenters. The normalized spacial score (nSPS) is 55.4. The zero-order chi connectivity index (χ0) is 15.3. The fourth-order valence-electron chi connectivity index (χ4n) is 6.92. The van der Waals surface area contributed by atoms with Gasteiger partial charge in [0.15, 0.2) is 5.76 Å². The molecular weight excluding hydrogens is 276 g/mol. The van der Waals surface area contributed by atoms with Crippen LogP contribution in [0.15, 0.2) is 11.8 Å². The Kier molecular flexibility index (Phi) is 2.23. The van der Waals surface area contributed by atoms with E-state index in [1.54, 1.807) is 0 Å². The molecule has 4 fully saturated rings. The highest BCUT2D eigenvalue weighted by atomic mass is 16.5. The van der Waals surface area contributed by atoms with Crippen LogP contribution in [0.1, 0.15) is 58.8 Å². The molecule has 1 saturated heterocycles. The standard InChI is InChI=1S/C19H24O3/c1-17-7-6-13-11(12(17)3-4-16(17)21)5-8-19-9-14(20)15(22-19)10-18(13,19)2/h10-13H,3-9H2,1-2H3/t11-,12-,13+,17-,18+,19?/m0/s1. The monoisotopic (exact) mass is 300 g/mol. The van der Waals surface area contributed by atoms with Crippen LogP contribution in [-0.4, -0.2) is 17.2 Å². The van der Waals surface area contributed by atoms with Crippen molar-refractivity contribution >= 4 is 11.6 Å². The molecule has 118 valence electrons. The Hall–Kier alpha value is -1.12. The van der Waals surface area contributed by atoms with Crippen molar-refractivity contribution in [3.8, 4) is 0 Å². The van der Waals surface area contributed by atoms with Crippen molar-refractivity contribution in [2.45, 2.75) is 64.4 Å². The number of carbonyl (C=O) groups is 2. The van der Waals surface area contributed by atoms with Gasteiger partial charge in [0.2, 0.25) is 5.78 Å². The summed E-state index contributed by atoms with van der Waals surface area (Å²) in [5.74, 6) is 3.11. The smallest absolute Gasteiger partial charge is 0.201 e. The number of ether oxygens (including phenoxy) is 1. The van der Waals surface area contributed by atoms with Crippen molar-refractivity contribution in [3.05, 3.63) is 11.8 Å². The average Bonchev–Trinajstić information content (AvgIpc) is 3.05. The van der Waals surface area contributed by atoms with Gasteiger partial charge < -0.3 is 4.74 Å². The third-order valence-electron chi connectivity index (χ3n) is 8.24. The minimum absolute atomic E-state index is 0.00608. The Balaban J connectivity index is 1.57. The second-order valence-corrected chi connectivity index (χ2v) is 8.82. The summed E-state index contributed by atoms with van der Waals surface area (Å²) in [6, 6.07) is 0. The lowest BCUT2D eigenvalue weighted by molar-refractivity contribution is -0.150. The molecule has 3 nitrogen and oxygen atoms in total. The molecule has 0 aromatic heterocycles. The van der Waals surface area contributed by atoms with Crippen molar-refractivity contribution in [2.75, 3.05) is 0 Å². The van der Waals surface area contributed by atoms with Crippen molar-refractivity contribution in [1.82, 2.24) is 0 Å². The summed E-state index contributed by atoms with van der Waals surface area (Å²) in [5, 5.41) is 0. The van der Waals surface area contributed by atoms with Crippen molar-refractivity contribution in [3.63, 3.8) is 0 Å². The molecular formula is C19H24O3. The first-order valence-corrected chi connectivity index (χ1v) is 8.88. The molecule has 3 aliphatic carbocycles. The predicted octanol–water partition coefficient (Wildman–Crippen LogP) is 3.42. The van der Waals surface area contributed by atoms with E-state index >= 15 is 0 Å². The van der Waals surface area contributed by atoms with E-state index < -0.39 is 0 Å². The minimum Gasteiger partial charge on any atom is -0.482 e. The Bertz CT molecular complexity index is 631. The maximum absolute atomic E-state index is 12.4. The summed E-state index contributed by atoms with van der Waals surface area (Å²) in [6.45, 7) is 4.54. The average molecular weight is 300 g/mol. The molecule has 5 aliphatic rings. The second kappa shape index (κ2) is 3.68. The lowest BCUT2D eigenvalue weighted by Crippen LogP contribution is -2.58. The molecule has 2 bridgehead atoms. The lowest BCUT2D eigenvalue weighted by Gasteiger charge is -2.58. The molecule has 0 aromatic carbocycles. The molecule has 3 heteroatoms. The number of Topliss-reactive ketones (excluding diaryl/α,β-unsaturated/α-hetero) is 2. The van der Waals surface area contributed by atoms with Gasteiger partial charge in [-0.05, 0) is 55.9 Å². The molecule has 5 rings (SSSR count). The number of allylic oxidation sites excluding steroid dienone is 1. The molecule has 2 aliphatic heterocycles. The molecule has 0 radical (unpaired) electrons. The minimum atomic E-state index is -0.253. The van der Waals surface area contributed by atoms with Gasteiger partial charge in [-0.15, -0.1) is 0 Å². The zero-order valence-electron chi connectivity index (χ0n) is 13.5. The lowest BCUT2D eigenvalue weighted by atomic mass is 9.46. The number of carbonyl (C=O) groups excluding carboxylic acids is 2. The molecule has 0 N–H and O–H groups in total. The first-order chi connectivity index (χ1) is 10.4. The molecule has 22 heavy (non-hydrogen) atoms. The van der Waals surface area contributed by atoms with E-state index in [4.69, 9.17) is 4.74 Å². The van der Waals surface area contributed by atoms with Crippen LogP contribution in [0.4, 0.5) is 0 Å². The second-order valence-electron chi connectivity index (χ2n) is 8.82. The van der Waals surface area contributed by atoms with Crippen LogP contribution in [0.2, 0.25) is 0 Å². The maximum atomic E-state index is 12.4. The summed E-state index contributed by atoms with van der Waals surface area (Å²) in [4.78, 5) is 24.4. The van der Waals surface area contributed by atoms with Crippen LogP contribution in [0.3, 0.4) is 0 Å². The van der Waals surface area contributed by atoms with Crippen LogP contribution < -0.4 is 0 Å². The highest BCUT2D eigenvalue weighted by molar-refractivity contribution is 5.98. The highest BCUT2D eigenvalue weighted by Crippen LogP contribution is 2.69. The largest absolute Gasteiger partial charge is 0.482 e. The third-order valence-corrected chi connectivity index (χ3v) is 8.24. The van der Waals surface area contributed by atoms with Crippen LogP contribution in [-0.2, 0) is 14.3 Å². The quantitative estimate of drug-likeness (QED) is 0.688. The Morgan fingerprint density at radius 3 is 2.68 bits per heavy atom. The number of hydrogen-bond donors (Lipinski definition) is 0. The van der Waals surface area contributed by atoms with Crippen LogP contribution in [0.25, 0.3) is 0 Å². The Labute approximate surface area is 131 Å². The number of hydrogen-bond acceptors (Lipinski definition) is 3. The molecule has 1 spiro atoms. The van der Waals surface area contributed by atoms with Gasteiger partial charge in [-0.2, -0.15) is 0 Å². The van der Waals surface area contributed by atoms with Gasteiger partial charge in [0.25, 0.3) is 0 Å². The SMILES string of the molecule is C[C@]12CC[C@@H]3[C@@H](CCC45CC(=O)C(=C[C@]34C)O5)[C@@H]1CCC2=O. The van der Waals surface area contributed by atoms with E-state index in [1.165, 1.54) is 0 Å². The third kappa shape index (κ3) is 1.24. The highest BCUT2D eigenvalue weighted by Gasteiger charge is 2.69. The van der Waals surface area contributed by atoms with Gasteiger partial charge in [0.05, 0.1) is 6.42 Å². The molecule has 2 heterocycles. The molecule has 3 saturated carbocycles. The first kappa shape index (κ1) is 13.3. The van der Waals surface area contributed by atoms with E-state index in [-0.39, 0.29) is 22.2 Å². The Morgan fingerprint density at radius 2 is 1.91 bits per heavy atom. The molecule has 0 amide bonds. The Morgan fingerprint density at radius 1 is 1.09 bits per heavy atom. The number of ketones is 2. The van der Waals surface area contributed by atoms with Crippen molar-refractivity contribution in [2.24, 2.45) is 28.6 Å². The van der Waals surface area contributed by atoms with Crippen LogP contribution in [0, 0.1) is 28.6 Å². The zero-order valence-corrected chi connectivity index (χ0v) is 13.5. The van der Waals surface area contributed by atoms with Crippen molar-refractivity contribution in [1.29, 1.82) is 0 Å². The summed E-state index contributed by atoms with van der Waals surface area (Å²) >= 11 is 0. The predicted molar refractivity (Wildman–Crippen MR) is 80.9 cm³/mol. The van der Waals surface area contributed by atoms with Gasteiger partial charge in [0, 0.05) is 17.3 Å². The summed E-state index contributed by atoms with van der Waals surface area (Å²) < 4.78 is 6.13. The van der Waals surface area contributed by atoms with E-state index in [1.807, 2.05) is 0 Å². The topological polar surface area (TPSA) is 43.4 Å². The summed E-state index contributed by atoms with van der Waals surface area (Å²) in [7, 11) is 0. The first-order valence-electron chi connectivity index (χ1n) is 8.88. The number of fused-ring (bicyclic) bond motifs is 5. The fourth-order valence-corrected chi connectivity index (χ4v) is 6.92. The summed E-state index contributed by atoms with van der Waals surface area (Å²) in [6.07, 6.45) is 8.86. The van der Waals surface area contributed by atoms with Gasteiger partial charge in [-0.25, -0.2) is 0 Å². The molecule has 1 unspecified atom stereocenters. The summed E-state index contributed by atoms with van der Waals surface area (Å²) in [5.41, 5.74) is -0.313. The van der Waals surface area contributed by atoms with E-state index in [2.05, 4.69) is 19.9 Å². The fraction of sp³-hybridized carbons (Fsp3) is 0.789. The van der Waals surface area contributed by atoms with Crippen LogP contribution in [0.5, 0.6) is 0 Å². The van der Waals surface area contributed by atoms with E-state index in [9.17, 15) is 9.59 Å². The van der Waals surface area contributed by atoms with Crippen molar-refractivity contribution < 1.29 is 14.3 Å². The van der Waals surface area contributed by atoms with Gasteiger partial charge in [-0.1, -0.05) is 13.8 Å².